The highest BCUT2D eigenvalue weighted by atomic mass is 16.2. The highest BCUT2D eigenvalue weighted by molar-refractivity contribution is 5.94. The Hall–Kier alpha value is -1.88. The van der Waals surface area contributed by atoms with Crippen LogP contribution in [0, 0.1) is 5.92 Å². The summed E-state index contributed by atoms with van der Waals surface area (Å²) in [7, 11) is 4.16. The summed E-state index contributed by atoms with van der Waals surface area (Å²) in [6.45, 7) is 3.13. The lowest BCUT2D eigenvalue weighted by atomic mass is 9.87. The third-order valence-corrected chi connectivity index (χ3v) is 6.91. The molecule has 5 heteroatoms. The largest absolute Gasteiger partial charge is 0.338 e. The second-order valence-electron chi connectivity index (χ2n) is 8.99. The number of benzene rings is 1. The first-order valence-electron chi connectivity index (χ1n) is 10.9. The van der Waals surface area contributed by atoms with Crippen LogP contribution < -0.4 is 0 Å². The lowest BCUT2D eigenvalue weighted by Gasteiger charge is -2.33. The Kier molecular flexibility index (Phi) is 5.72. The minimum atomic E-state index is 0.146. The number of carbonyl (C=O) groups excluding carboxylic acids is 2. The summed E-state index contributed by atoms with van der Waals surface area (Å²) in [6, 6.07) is 6.56. The second-order valence-corrected chi connectivity index (χ2v) is 8.99. The van der Waals surface area contributed by atoms with Crippen LogP contribution in [-0.2, 0) is 17.8 Å². The van der Waals surface area contributed by atoms with Gasteiger partial charge < -0.3 is 14.7 Å². The van der Waals surface area contributed by atoms with E-state index < -0.39 is 0 Å². The van der Waals surface area contributed by atoms with E-state index in [1.165, 1.54) is 30.4 Å². The molecule has 0 spiro atoms. The minimum absolute atomic E-state index is 0.146. The van der Waals surface area contributed by atoms with Gasteiger partial charge in [0.1, 0.15) is 0 Å². The summed E-state index contributed by atoms with van der Waals surface area (Å²) in [5.74, 6) is 0.723. The van der Waals surface area contributed by atoms with E-state index in [1.807, 2.05) is 15.9 Å². The quantitative estimate of drug-likeness (QED) is 0.806. The Labute approximate surface area is 168 Å². The van der Waals surface area contributed by atoms with E-state index in [-0.39, 0.29) is 11.8 Å². The summed E-state index contributed by atoms with van der Waals surface area (Å²) in [5.41, 5.74) is 3.24. The number of rotatable bonds is 3. The molecule has 0 N–H and O–H groups in total. The van der Waals surface area contributed by atoms with Crippen molar-refractivity contribution in [3.8, 4) is 0 Å². The van der Waals surface area contributed by atoms with E-state index in [2.05, 4.69) is 31.1 Å². The number of fused-ring (bicyclic) bond motifs is 1. The zero-order valence-corrected chi connectivity index (χ0v) is 17.3. The van der Waals surface area contributed by atoms with Crippen molar-refractivity contribution in [2.24, 2.45) is 5.92 Å². The van der Waals surface area contributed by atoms with E-state index in [0.717, 1.165) is 50.9 Å². The van der Waals surface area contributed by atoms with Gasteiger partial charge in [0, 0.05) is 43.7 Å². The molecule has 0 bridgehead atoms. The maximum Gasteiger partial charge on any atom is 0.253 e. The lowest BCUT2D eigenvalue weighted by molar-refractivity contribution is -0.137. The van der Waals surface area contributed by atoms with E-state index in [4.69, 9.17) is 0 Å². The van der Waals surface area contributed by atoms with Crippen molar-refractivity contribution >= 4 is 11.8 Å². The molecule has 2 heterocycles. The Morgan fingerprint density at radius 2 is 1.75 bits per heavy atom. The van der Waals surface area contributed by atoms with Crippen LogP contribution in [0.25, 0.3) is 0 Å². The standard InChI is InChI=1S/C23H33N3O2/c1-24(2)21-11-13-26(16-21)23(28)19-8-9-20-15-25(12-10-18(20)14-19)22(27)17-6-4-3-5-7-17/h8-9,14,17,21H,3-7,10-13,15-16H2,1-2H3/t21-/m1/s1. The summed E-state index contributed by atoms with van der Waals surface area (Å²) >= 11 is 0. The normalized spacial score (nSPS) is 23.2. The van der Waals surface area contributed by atoms with Gasteiger partial charge in [-0.1, -0.05) is 25.3 Å². The van der Waals surface area contributed by atoms with E-state index in [0.29, 0.717) is 18.5 Å². The van der Waals surface area contributed by atoms with Gasteiger partial charge >= 0.3 is 0 Å². The van der Waals surface area contributed by atoms with Crippen molar-refractivity contribution in [3.05, 3.63) is 34.9 Å². The van der Waals surface area contributed by atoms with E-state index in [1.54, 1.807) is 0 Å². The van der Waals surface area contributed by atoms with Crippen molar-refractivity contribution in [1.29, 1.82) is 0 Å². The van der Waals surface area contributed by atoms with Gasteiger partial charge in [-0.3, -0.25) is 9.59 Å². The van der Waals surface area contributed by atoms with Crippen LogP contribution in [-0.4, -0.2) is 66.3 Å². The average Bonchev–Trinajstić information content (AvgIpc) is 3.23. The molecular weight excluding hydrogens is 350 g/mol. The predicted molar refractivity (Wildman–Crippen MR) is 110 cm³/mol. The number of likely N-dealkylation sites (N-methyl/N-ethyl adjacent to an activating group) is 1. The number of amides is 2. The van der Waals surface area contributed by atoms with Gasteiger partial charge in [-0.25, -0.2) is 0 Å². The van der Waals surface area contributed by atoms with Gasteiger partial charge in [0.2, 0.25) is 5.91 Å². The highest BCUT2D eigenvalue weighted by Gasteiger charge is 2.30. The van der Waals surface area contributed by atoms with Crippen LogP contribution in [0.2, 0.25) is 0 Å². The monoisotopic (exact) mass is 383 g/mol. The SMILES string of the molecule is CN(C)[C@@H]1CCN(C(=O)c2ccc3c(c2)CCN(C(=O)C2CCCCC2)C3)C1. The second kappa shape index (κ2) is 8.24. The first-order chi connectivity index (χ1) is 13.5. The average molecular weight is 384 g/mol. The van der Waals surface area contributed by atoms with Gasteiger partial charge in [-0.2, -0.15) is 0 Å². The molecule has 1 saturated carbocycles. The highest BCUT2D eigenvalue weighted by Crippen LogP contribution is 2.28. The smallest absolute Gasteiger partial charge is 0.253 e. The third-order valence-electron chi connectivity index (χ3n) is 6.91. The van der Waals surface area contributed by atoms with Crippen LogP contribution in [0.5, 0.6) is 0 Å². The molecule has 2 aliphatic heterocycles. The first kappa shape index (κ1) is 19.4. The number of carbonyl (C=O) groups is 2. The molecule has 0 radical (unpaired) electrons. The molecule has 28 heavy (non-hydrogen) atoms. The van der Waals surface area contributed by atoms with Crippen molar-refractivity contribution in [2.75, 3.05) is 33.7 Å². The molecule has 1 aromatic rings. The fourth-order valence-electron chi connectivity index (χ4n) is 5.01. The van der Waals surface area contributed by atoms with Crippen LogP contribution >= 0.6 is 0 Å². The summed E-state index contributed by atoms with van der Waals surface area (Å²) in [5, 5.41) is 0. The predicted octanol–water partition coefficient (Wildman–Crippen LogP) is 2.93. The van der Waals surface area contributed by atoms with E-state index in [9.17, 15) is 9.59 Å². The number of nitrogens with zero attached hydrogens (tertiary/aromatic N) is 3. The zero-order chi connectivity index (χ0) is 19.7. The molecule has 0 unspecified atom stereocenters. The topological polar surface area (TPSA) is 43.9 Å². The molecule has 3 aliphatic rings. The van der Waals surface area contributed by atoms with Gasteiger partial charge in [0.15, 0.2) is 0 Å². The van der Waals surface area contributed by atoms with Crippen LogP contribution in [0.15, 0.2) is 18.2 Å². The van der Waals surface area contributed by atoms with Gasteiger partial charge in [0.25, 0.3) is 5.91 Å². The summed E-state index contributed by atoms with van der Waals surface area (Å²) < 4.78 is 0. The number of hydrogen-bond donors (Lipinski definition) is 0. The molecular formula is C23H33N3O2. The Morgan fingerprint density at radius 3 is 2.46 bits per heavy atom. The summed E-state index contributed by atoms with van der Waals surface area (Å²) in [4.78, 5) is 32.0. The van der Waals surface area contributed by atoms with E-state index >= 15 is 0 Å². The molecule has 1 aliphatic carbocycles. The van der Waals surface area contributed by atoms with Crippen molar-refractivity contribution in [1.82, 2.24) is 14.7 Å². The van der Waals surface area contributed by atoms with Gasteiger partial charge in [-0.15, -0.1) is 0 Å². The number of hydrogen-bond acceptors (Lipinski definition) is 3. The Bertz CT molecular complexity index is 739. The van der Waals surface area contributed by atoms with Crippen LogP contribution in [0.1, 0.15) is 60.0 Å². The van der Waals surface area contributed by atoms with Crippen molar-refractivity contribution in [2.45, 2.75) is 57.5 Å². The molecule has 152 valence electrons. The molecule has 2 amide bonds. The maximum absolute atomic E-state index is 12.9. The maximum atomic E-state index is 12.9. The fourth-order valence-corrected chi connectivity index (χ4v) is 5.01. The Morgan fingerprint density at radius 1 is 0.964 bits per heavy atom. The minimum Gasteiger partial charge on any atom is -0.338 e. The van der Waals surface area contributed by atoms with Gasteiger partial charge in [0.05, 0.1) is 0 Å². The van der Waals surface area contributed by atoms with Crippen molar-refractivity contribution in [3.63, 3.8) is 0 Å². The Balaban J connectivity index is 1.41. The lowest BCUT2D eigenvalue weighted by Crippen LogP contribution is -2.40. The van der Waals surface area contributed by atoms with Gasteiger partial charge in [-0.05, 0) is 63.0 Å². The zero-order valence-electron chi connectivity index (χ0n) is 17.3. The summed E-state index contributed by atoms with van der Waals surface area (Å²) in [6.07, 6.45) is 7.67. The molecule has 2 fully saturated rings. The fraction of sp³-hybridized carbons (Fsp3) is 0.652. The third kappa shape index (κ3) is 3.95. The molecule has 5 nitrogen and oxygen atoms in total. The first-order valence-corrected chi connectivity index (χ1v) is 10.9. The molecule has 1 saturated heterocycles. The van der Waals surface area contributed by atoms with Crippen molar-refractivity contribution < 1.29 is 9.59 Å². The number of likely N-dealkylation sites (tertiary alicyclic amines) is 1. The van der Waals surface area contributed by atoms with Crippen LogP contribution in [0.3, 0.4) is 0 Å². The molecule has 1 atom stereocenters. The molecule has 4 rings (SSSR count). The molecule has 0 aromatic heterocycles. The van der Waals surface area contributed by atoms with Crippen LogP contribution in [0.4, 0.5) is 0 Å². The molecule has 1 aromatic carbocycles.